The first kappa shape index (κ1) is 10.5. The van der Waals surface area contributed by atoms with Crippen LogP contribution in [0.3, 0.4) is 0 Å². The molecular weight excluding hydrogens is 202 g/mol. The highest BCUT2D eigenvalue weighted by molar-refractivity contribution is 5.54. The zero-order valence-corrected chi connectivity index (χ0v) is 9.69. The van der Waals surface area contributed by atoms with Crippen LogP contribution in [0.2, 0.25) is 0 Å². The molecule has 0 aliphatic carbocycles. The Morgan fingerprint density at radius 3 is 2.62 bits per heavy atom. The van der Waals surface area contributed by atoms with Gasteiger partial charge in [-0.3, -0.25) is 0 Å². The number of ether oxygens (including phenoxy) is 1. The Bertz CT molecular complexity index is 517. The minimum absolute atomic E-state index is 0.576. The van der Waals surface area contributed by atoms with Gasteiger partial charge in [-0.05, 0) is 37.1 Å². The lowest BCUT2D eigenvalue weighted by Crippen LogP contribution is -1.97. The van der Waals surface area contributed by atoms with Gasteiger partial charge in [0.15, 0.2) is 0 Å². The van der Waals surface area contributed by atoms with E-state index in [0.717, 1.165) is 22.6 Å². The molecule has 16 heavy (non-hydrogen) atoms. The molecule has 1 aromatic carbocycles. The molecule has 1 aromatic heterocycles. The van der Waals surface area contributed by atoms with Crippen molar-refractivity contribution in [2.24, 2.45) is 7.05 Å². The molecule has 0 aliphatic rings. The Hall–Kier alpha value is -1.97. The lowest BCUT2D eigenvalue weighted by molar-refractivity contribution is 0.422. The Morgan fingerprint density at radius 2 is 2.00 bits per heavy atom. The van der Waals surface area contributed by atoms with Crippen molar-refractivity contribution in [3.63, 3.8) is 0 Å². The minimum atomic E-state index is 0.576. The molecule has 0 unspecified atom stereocenters. The molecular formula is C12H15N3O. The molecule has 0 spiro atoms. The van der Waals surface area contributed by atoms with Gasteiger partial charge in [-0.2, -0.15) is 0 Å². The number of nitrogens with zero attached hydrogens (tertiary/aromatic N) is 2. The molecule has 2 N–H and O–H groups in total. The maximum Gasteiger partial charge on any atom is 0.301 e. The summed E-state index contributed by atoms with van der Waals surface area (Å²) in [7, 11) is 1.89. The molecule has 1 heterocycles. The van der Waals surface area contributed by atoms with E-state index in [4.69, 9.17) is 10.5 Å². The summed E-state index contributed by atoms with van der Waals surface area (Å²) < 4.78 is 7.54. The van der Waals surface area contributed by atoms with Gasteiger partial charge in [-0.15, -0.1) is 0 Å². The van der Waals surface area contributed by atoms with Gasteiger partial charge in [0.1, 0.15) is 5.75 Å². The zero-order valence-electron chi connectivity index (χ0n) is 9.69. The molecule has 84 valence electrons. The van der Waals surface area contributed by atoms with Crippen LogP contribution in [-0.4, -0.2) is 9.55 Å². The van der Waals surface area contributed by atoms with Crippen LogP contribution in [-0.2, 0) is 7.05 Å². The number of anilines is 1. The number of rotatable bonds is 2. The second kappa shape index (κ2) is 3.89. The molecule has 2 aromatic rings. The van der Waals surface area contributed by atoms with Crippen LogP contribution in [0.4, 0.5) is 5.69 Å². The number of benzene rings is 1. The van der Waals surface area contributed by atoms with E-state index in [1.54, 1.807) is 6.20 Å². The van der Waals surface area contributed by atoms with Crippen LogP contribution in [0.25, 0.3) is 0 Å². The van der Waals surface area contributed by atoms with Gasteiger partial charge < -0.3 is 15.0 Å². The Kier molecular flexibility index (Phi) is 2.56. The molecule has 4 heteroatoms. The first-order chi connectivity index (χ1) is 7.58. The fraction of sp³-hybridized carbons (Fsp3) is 0.250. The highest BCUT2D eigenvalue weighted by Gasteiger charge is 2.07. The molecule has 0 atom stereocenters. The average Bonchev–Trinajstić information content (AvgIpc) is 2.61. The highest BCUT2D eigenvalue weighted by atomic mass is 16.5. The molecule has 0 fully saturated rings. The van der Waals surface area contributed by atoms with Crippen molar-refractivity contribution in [2.45, 2.75) is 13.8 Å². The number of hydrogen-bond acceptors (Lipinski definition) is 3. The van der Waals surface area contributed by atoms with Gasteiger partial charge in [0.25, 0.3) is 0 Å². The standard InChI is InChI=1S/C12H15N3O/c1-8-7-11(9(2)6-10(8)13)16-12-14-4-5-15(12)3/h4-7H,13H2,1-3H3. The van der Waals surface area contributed by atoms with E-state index in [0.29, 0.717) is 6.01 Å². The summed E-state index contributed by atoms with van der Waals surface area (Å²) in [5.41, 5.74) is 8.61. The number of nitrogen functional groups attached to an aromatic ring is 1. The number of aryl methyl sites for hydroxylation is 3. The Labute approximate surface area is 94.7 Å². The minimum Gasteiger partial charge on any atom is -0.425 e. The van der Waals surface area contributed by atoms with Crippen LogP contribution in [0, 0.1) is 13.8 Å². The van der Waals surface area contributed by atoms with E-state index in [2.05, 4.69) is 4.98 Å². The summed E-state index contributed by atoms with van der Waals surface area (Å²) in [6.07, 6.45) is 3.55. The first-order valence-electron chi connectivity index (χ1n) is 5.10. The third-order valence-corrected chi connectivity index (χ3v) is 2.54. The van der Waals surface area contributed by atoms with Crippen LogP contribution >= 0.6 is 0 Å². The summed E-state index contributed by atoms with van der Waals surface area (Å²) in [5, 5.41) is 0. The maximum atomic E-state index is 5.82. The Balaban J connectivity index is 2.35. The summed E-state index contributed by atoms with van der Waals surface area (Å²) in [6.45, 7) is 3.92. The number of nitrogens with two attached hydrogens (primary N) is 1. The van der Waals surface area contributed by atoms with Crippen LogP contribution in [0.1, 0.15) is 11.1 Å². The van der Waals surface area contributed by atoms with Crippen molar-refractivity contribution < 1.29 is 4.74 Å². The van der Waals surface area contributed by atoms with Crippen molar-refractivity contribution in [3.8, 4) is 11.8 Å². The van der Waals surface area contributed by atoms with Crippen LogP contribution in [0.5, 0.6) is 11.8 Å². The van der Waals surface area contributed by atoms with Gasteiger partial charge in [0.2, 0.25) is 0 Å². The van der Waals surface area contributed by atoms with Gasteiger partial charge in [0, 0.05) is 25.1 Å². The first-order valence-corrected chi connectivity index (χ1v) is 5.10. The van der Waals surface area contributed by atoms with Crippen molar-refractivity contribution in [1.29, 1.82) is 0 Å². The molecule has 0 radical (unpaired) electrons. The molecule has 0 saturated carbocycles. The highest BCUT2D eigenvalue weighted by Crippen LogP contribution is 2.27. The topological polar surface area (TPSA) is 53.1 Å². The summed E-state index contributed by atoms with van der Waals surface area (Å²) in [4.78, 5) is 4.11. The lowest BCUT2D eigenvalue weighted by atomic mass is 10.1. The molecule has 0 amide bonds. The van der Waals surface area contributed by atoms with Gasteiger partial charge >= 0.3 is 6.01 Å². The fourth-order valence-electron chi connectivity index (χ4n) is 1.47. The molecule has 0 bridgehead atoms. The van der Waals surface area contributed by atoms with Gasteiger partial charge in [-0.25, -0.2) is 4.98 Å². The quantitative estimate of drug-likeness (QED) is 0.786. The fourth-order valence-corrected chi connectivity index (χ4v) is 1.47. The number of aromatic nitrogens is 2. The van der Waals surface area contributed by atoms with Crippen LogP contribution in [0.15, 0.2) is 24.5 Å². The van der Waals surface area contributed by atoms with Crippen LogP contribution < -0.4 is 10.5 Å². The largest absolute Gasteiger partial charge is 0.425 e. The van der Waals surface area contributed by atoms with E-state index in [9.17, 15) is 0 Å². The van der Waals surface area contributed by atoms with Gasteiger partial charge in [0.05, 0.1) is 0 Å². The van der Waals surface area contributed by atoms with E-state index < -0.39 is 0 Å². The maximum absolute atomic E-state index is 5.82. The smallest absolute Gasteiger partial charge is 0.301 e. The van der Waals surface area contributed by atoms with Crippen molar-refractivity contribution in [1.82, 2.24) is 9.55 Å². The Morgan fingerprint density at radius 1 is 1.25 bits per heavy atom. The summed E-state index contributed by atoms with van der Waals surface area (Å²) in [5.74, 6) is 0.793. The second-order valence-corrected chi connectivity index (χ2v) is 3.90. The SMILES string of the molecule is Cc1cc(Oc2nccn2C)c(C)cc1N. The van der Waals surface area contributed by atoms with E-state index in [-0.39, 0.29) is 0 Å². The molecule has 0 aliphatic heterocycles. The van der Waals surface area contributed by atoms with Crippen molar-refractivity contribution in [2.75, 3.05) is 5.73 Å². The van der Waals surface area contributed by atoms with E-state index >= 15 is 0 Å². The predicted octanol–water partition coefficient (Wildman–Crippen LogP) is 2.41. The number of hydrogen-bond donors (Lipinski definition) is 1. The summed E-state index contributed by atoms with van der Waals surface area (Å²) >= 11 is 0. The third-order valence-electron chi connectivity index (χ3n) is 2.54. The van der Waals surface area contributed by atoms with E-state index in [1.165, 1.54) is 0 Å². The molecule has 0 saturated heterocycles. The lowest BCUT2D eigenvalue weighted by Gasteiger charge is -2.10. The predicted molar refractivity (Wildman–Crippen MR) is 63.6 cm³/mol. The monoisotopic (exact) mass is 217 g/mol. The summed E-state index contributed by atoms with van der Waals surface area (Å²) in [6, 6.07) is 4.42. The third kappa shape index (κ3) is 1.86. The van der Waals surface area contributed by atoms with Crippen molar-refractivity contribution in [3.05, 3.63) is 35.7 Å². The molecule has 4 nitrogen and oxygen atoms in total. The van der Waals surface area contributed by atoms with E-state index in [1.807, 2.05) is 43.8 Å². The second-order valence-electron chi connectivity index (χ2n) is 3.90. The average molecular weight is 217 g/mol. The normalized spacial score (nSPS) is 10.4. The van der Waals surface area contributed by atoms with Gasteiger partial charge in [-0.1, -0.05) is 0 Å². The zero-order chi connectivity index (χ0) is 11.7. The number of imidazole rings is 1. The van der Waals surface area contributed by atoms with Crippen molar-refractivity contribution >= 4 is 5.69 Å². The molecule has 2 rings (SSSR count).